The number of nitrogens with zero attached hydrogens (tertiary/aromatic N) is 5. The van der Waals surface area contributed by atoms with Crippen LogP contribution in [0.3, 0.4) is 0 Å². The number of para-hydroxylation sites is 2. The normalized spacial score (nSPS) is 17.2. The summed E-state index contributed by atoms with van der Waals surface area (Å²) >= 11 is 1.20. The first kappa shape index (κ1) is 22.3. The molecule has 1 amide bonds. The van der Waals surface area contributed by atoms with Gasteiger partial charge in [-0.25, -0.2) is 8.42 Å². The van der Waals surface area contributed by atoms with Crippen LogP contribution in [-0.4, -0.2) is 69.8 Å². The Bertz CT molecular complexity index is 1180. The third-order valence-corrected chi connectivity index (χ3v) is 7.90. The zero-order valence-corrected chi connectivity index (χ0v) is 19.1. The molecule has 32 heavy (non-hydrogen) atoms. The fourth-order valence-electron chi connectivity index (χ4n) is 3.66. The van der Waals surface area contributed by atoms with E-state index < -0.39 is 9.84 Å². The monoisotopic (exact) mass is 473 g/mol. The summed E-state index contributed by atoms with van der Waals surface area (Å²) in [6, 6.07) is 16.6. The highest BCUT2D eigenvalue weighted by Gasteiger charge is 2.34. The summed E-state index contributed by atoms with van der Waals surface area (Å²) in [6.07, 6.45) is 0.449. The summed E-state index contributed by atoms with van der Waals surface area (Å²) in [5, 5.41) is 12.3. The van der Waals surface area contributed by atoms with Gasteiger partial charge in [-0.15, -0.1) is 5.10 Å². The summed E-state index contributed by atoms with van der Waals surface area (Å²) in [4.78, 5) is 14.9. The van der Waals surface area contributed by atoms with E-state index in [2.05, 4.69) is 15.5 Å². The number of amides is 1. The summed E-state index contributed by atoms with van der Waals surface area (Å²) < 4.78 is 31.0. The van der Waals surface area contributed by atoms with E-state index in [0.717, 1.165) is 5.56 Å². The molecule has 1 aliphatic heterocycles. The summed E-state index contributed by atoms with van der Waals surface area (Å²) in [5.41, 5.74) is 1.62. The molecule has 4 rings (SSSR count). The molecular weight excluding hydrogens is 450 g/mol. The molecule has 2 heterocycles. The summed E-state index contributed by atoms with van der Waals surface area (Å²) in [5.74, 6) is 0.633. The van der Waals surface area contributed by atoms with Crippen LogP contribution >= 0.6 is 11.8 Å². The molecule has 0 aliphatic carbocycles. The van der Waals surface area contributed by atoms with Gasteiger partial charge in [0, 0.05) is 12.6 Å². The first-order valence-electron chi connectivity index (χ1n) is 10.1. The zero-order chi connectivity index (χ0) is 22.6. The van der Waals surface area contributed by atoms with E-state index in [9.17, 15) is 13.2 Å². The largest absolute Gasteiger partial charge is 0.494 e. The van der Waals surface area contributed by atoms with Gasteiger partial charge in [-0.2, -0.15) is 4.68 Å². The third-order valence-electron chi connectivity index (χ3n) is 5.24. The Balaban J connectivity index is 1.51. The van der Waals surface area contributed by atoms with E-state index in [1.807, 2.05) is 48.5 Å². The number of aromatic nitrogens is 4. The smallest absolute Gasteiger partial charge is 0.233 e. The quantitative estimate of drug-likeness (QED) is 0.457. The van der Waals surface area contributed by atoms with Crippen LogP contribution in [0.4, 0.5) is 0 Å². The number of hydrogen-bond acceptors (Lipinski definition) is 8. The topological polar surface area (TPSA) is 107 Å². The second-order valence-corrected chi connectivity index (χ2v) is 10.6. The van der Waals surface area contributed by atoms with Crippen LogP contribution in [0.25, 0.3) is 5.69 Å². The van der Waals surface area contributed by atoms with E-state index in [0.29, 0.717) is 29.6 Å². The number of ether oxygens (including phenoxy) is 1. The van der Waals surface area contributed by atoms with Crippen LogP contribution in [0.1, 0.15) is 12.0 Å². The first-order chi connectivity index (χ1) is 15.5. The number of sulfone groups is 1. The number of hydrogen-bond donors (Lipinski definition) is 0. The van der Waals surface area contributed by atoms with Crippen LogP contribution in [0, 0.1) is 0 Å². The molecule has 3 aromatic rings. The fraction of sp³-hybridized carbons (Fsp3) is 0.333. The van der Waals surface area contributed by atoms with Gasteiger partial charge in [0.25, 0.3) is 0 Å². The maximum Gasteiger partial charge on any atom is 0.233 e. The van der Waals surface area contributed by atoms with Crippen molar-refractivity contribution < 1.29 is 17.9 Å². The number of methoxy groups -OCH3 is 1. The molecule has 0 radical (unpaired) electrons. The summed E-state index contributed by atoms with van der Waals surface area (Å²) in [7, 11) is -1.56. The lowest BCUT2D eigenvalue weighted by atomic mass is 10.1. The van der Waals surface area contributed by atoms with Crippen molar-refractivity contribution in [2.24, 2.45) is 0 Å². The van der Waals surface area contributed by atoms with Crippen LogP contribution in [-0.2, 0) is 21.2 Å². The molecule has 0 saturated carbocycles. The van der Waals surface area contributed by atoms with Crippen molar-refractivity contribution >= 4 is 27.5 Å². The van der Waals surface area contributed by atoms with Gasteiger partial charge in [-0.05, 0) is 34.5 Å². The standard InChI is InChI=1S/C21H23N5O4S2/c1-30-19-10-6-5-9-18(19)26-21(22-23-24-26)31-14-20(27)25(13-16-7-3-2-4-8-16)17-11-12-32(28,29)15-17/h2-10,17H,11-15H2,1H3/t17-/m0/s1. The van der Waals surface area contributed by atoms with Crippen molar-refractivity contribution in [3.05, 3.63) is 60.2 Å². The van der Waals surface area contributed by atoms with E-state index in [1.54, 1.807) is 18.1 Å². The van der Waals surface area contributed by atoms with E-state index in [1.165, 1.54) is 16.4 Å². The molecule has 1 aliphatic rings. The Morgan fingerprint density at radius 3 is 2.66 bits per heavy atom. The van der Waals surface area contributed by atoms with Crippen LogP contribution in [0.5, 0.6) is 5.75 Å². The zero-order valence-electron chi connectivity index (χ0n) is 17.5. The van der Waals surface area contributed by atoms with Gasteiger partial charge >= 0.3 is 0 Å². The first-order valence-corrected chi connectivity index (χ1v) is 12.9. The molecule has 9 nitrogen and oxygen atoms in total. The number of carbonyl (C=O) groups excluding carboxylic acids is 1. The van der Waals surface area contributed by atoms with Crippen molar-refractivity contribution in [2.45, 2.75) is 24.2 Å². The van der Waals surface area contributed by atoms with E-state index >= 15 is 0 Å². The Labute approximate surface area is 190 Å². The number of tetrazole rings is 1. The van der Waals surface area contributed by atoms with Crippen molar-refractivity contribution in [2.75, 3.05) is 24.4 Å². The molecule has 0 unspecified atom stereocenters. The Morgan fingerprint density at radius 2 is 1.94 bits per heavy atom. The predicted octanol–water partition coefficient (Wildman–Crippen LogP) is 1.98. The maximum absolute atomic E-state index is 13.2. The lowest BCUT2D eigenvalue weighted by Crippen LogP contribution is -2.41. The molecule has 1 saturated heterocycles. The van der Waals surface area contributed by atoms with Crippen LogP contribution in [0.2, 0.25) is 0 Å². The van der Waals surface area contributed by atoms with Gasteiger partial charge in [0.15, 0.2) is 9.84 Å². The predicted molar refractivity (Wildman–Crippen MR) is 120 cm³/mol. The maximum atomic E-state index is 13.2. The molecule has 168 valence electrons. The second kappa shape index (κ2) is 9.70. The number of benzene rings is 2. The minimum Gasteiger partial charge on any atom is -0.494 e. The molecule has 1 aromatic heterocycles. The van der Waals surface area contributed by atoms with Crippen molar-refractivity contribution in [3.8, 4) is 11.4 Å². The molecule has 11 heteroatoms. The molecule has 1 atom stereocenters. The van der Waals surface area contributed by atoms with Gasteiger partial charge in [-0.3, -0.25) is 4.79 Å². The van der Waals surface area contributed by atoms with Crippen LogP contribution < -0.4 is 4.74 Å². The average molecular weight is 474 g/mol. The average Bonchev–Trinajstić information content (AvgIpc) is 3.42. The lowest BCUT2D eigenvalue weighted by molar-refractivity contribution is -0.130. The number of thioether (sulfide) groups is 1. The van der Waals surface area contributed by atoms with Gasteiger partial charge in [0.05, 0.1) is 24.4 Å². The van der Waals surface area contributed by atoms with Crippen molar-refractivity contribution in [3.63, 3.8) is 0 Å². The van der Waals surface area contributed by atoms with Crippen molar-refractivity contribution in [1.29, 1.82) is 0 Å². The Morgan fingerprint density at radius 1 is 1.19 bits per heavy atom. The van der Waals surface area contributed by atoms with Gasteiger partial charge in [0.1, 0.15) is 11.4 Å². The fourth-order valence-corrected chi connectivity index (χ4v) is 6.16. The second-order valence-electron chi connectivity index (χ2n) is 7.40. The van der Waals surface area contributed by atoms with Gasteiger partial charge < -0.3 is 9.64 Å². The van der Waals surface area contributed by atoms with Crippen molar-refractivity contribution in [1.82, 2.24) is 25.1 Å². The SMILES string of the molecule is COc1ccccc1-n1nnnc1SCC(=O)N(Cc1ccccc1)[C@H]1CCS(=O)(=O)C1. The molecule has 2 aromatic carbocycles. The minimum absolute atomic E-state index is 0.00477. The van der Waals surface area contributed by atoms with Gasteiger partial charge in [-0.1, -0.05) is 54.2 Å². The molecule has 0 N–H and O–H groups in total. The third kappa shape index (κ3) is 5.10. The van der Waals surface area contributed by atoms with E-state index in [-0.39, 0.29) is 29.2 Å². The molecule has 0 spiro atoms. The highest BCUT2D eigenvalue weighted by Crippen LogP contribution is 2.27. The molecular formula is C21H23N5O4S2. The minimum atomic E-state index is -3.13. The van der Waals surface area contributed by atoms with Crippen LogP contribution in [0.15, 0.2) is 59.8 Å². The highest BCUT2D eigenvalue weighted by molar-refractivity contribution is 7.99. The van der Waals surface area contributed by atoms with Gasteiger partial charge in [0.2, 0.25) is 11.1 Å². The Kier molecular flexibility index (Phi) is 6.75. The molecule has 1 fully saturated rings. The molecule has 0 bridgehead atoms. The lowest BCUT2D eigenvalue weighted by Gasteiger charge is -2.28. The Hall–Kier alpha value is -2.92. The number of rotatable bonds is 8. The number of carbonyl (C=O) groups is 1. The highest BCUT2D eigenvalue weighted by atomic mass is 32.2. The summed E-state index contributed by atoms with van der Waals surface area (Å²) in [6.45, 7) is 0.359. The van der Waals surface area contributed by atoms with E-state index in [4.69, 9.17) is 4.74 Å².